The Labute approximate surface area is 101 Å². The first-order chi connectivity index (χ1) is 7.91. The zero-order valence-corrected chi connectivity index (χ0v) is 10.5. The van der Waals surface area contributed by atoms with Crippen LogP contribution in [0.25, 0.3) is 0 Å². The van der Waals surface area contributed by atoms with E-state index < -0.39 is 0 Å². The van der Waals surface area contributed by atoms with E-state index in [0.29, 0.717) is 0 Å². The molecule has 0 radical (unpaired) electrons. The van der Waals surface area contributed by atoms with Gasteiger partial charge in [0.15, 0.2) is 0 Å². The summed E-state index contributed by atoms with van der Waals surface area (Å²) in [4.78, 5) is 0. The molecule has 0 heterocycles. The van der Waals surface area contributed by atoms with Crippen molar-refractivity contribution in [2.24, 2.45) is 0 Å². The van der Waals surface area contributed by atoms with Gasteiger partial charge < -0.3 is 5.11 Å². The van der Waals surface area contributed by atoms with Gasteiger partial charge in [-0.25, -0.2) is 0 Å². The lowest BCUT2D eigenvalue weighted by Crippen LogP contribution is -1.81. The minimum Gasteiger partial charge on any atom is -0.384 e. The summed E-state index contributed by atoms with van der Waals surface area (Å²) < 4.78 is 0. The topological polar surface area (TPSA) is 20.2 Å². The molecule has 1 heteroatoms. The van der Waals surface area contributed by atoms with Gasteiger partial charge in [0.05, 0.1) is 0 Å². The lowest BCUT2D eigenvalue weighted by atomic mass is 10.1. The molecule has 0 rings (SSSR count). The Morgan fingerprint density at radius 1 is 0.812 bits per heavy atom. The molecular weight excluding hydrogens is 196 g/mol. The summed E-state index contributed by atoms with van der Waals surface area (Å²) in [6.07, 6.45) is 14.7. The van der Waals surface area contributed by atoms with Crippen LogP contribution in [0.3, 0.4) is 0 Å². The monoisotopic (exact) mass is 222 g/mol. The number of aliphatic hydroxyl groups is 1. The van der Waals surface area contributed by atoms with E-state index in [1.807, 2.05) is 6.08 Å². The molecular formula is C15H26O. The number of aliphatic hydroxyl groups excluding tert-OH is 1. The smallest absolute Gasteiger partial charge is 0.104 e. The Morgan fingerprint density at radius 3 is 1.94 bits per heavy atom. The van der Waals surface area contributed by atoms with E-state index in [9.17, 15) is 0 Å². The van der Waals surface area contributed by atoms with Crippen molar-refractivity contribution < 1.29 is 5.11 Å². The fourth-order valence-electron chi connectivity index (χ4n) is 1.71. The molecule has 0 unspecified atom stereocenters. The maximum Gasteiger partial charge on any atom is 0.104 e. The van der Waals surface area contributed by atoms with E-state index >= 15 is 0 Å². The Balaban J connectivity index is 2.95. The quantitative estimate of drug-likeness (QED) is 0.335. The van der Waals surface area contributed by atoms with Gasteiger partial charge in [0, 0.05) is 6.42 Å². The lowest BCUT2D eigenvalue weighted by molar-refractivity contribution is 0.350. The number of hydrogen-bond donors (Lipinski definition) is 1. The van der Waals surface area contributed by atoms with Crippen LogP contribution in [0, 0.1) is 11.8 Å². The second-order valence-electron chi connectivity index (χ2n) is 4.17. The van der Waals surface area contributed by atoms with Crippen molar-refractivity contribution in [2.45, 2.75) is 64.2 Å². The van der Waals surface area contributed by atoms with Gasteiger partial charge >= 0.3 is 0 Å². The summed E-state index contributed by atoms with van der Waals surface area (Å²) in [7, 11) is 0. The Hall–Kier alpha value is -0.740. The third-order valence-electron chi connectivity index (χ3n) is 2.66. The molecule has 0 aromatic carbocycles. The maximum absolute atomic E-state index is 8.45. The molecule has 0 saturated carbocycles. The Morgan fingerprint density at radius 2 is 1.38 bits per heavy atom. The highest BCUT2D eigenvalue weighted by molar-refractivity contribution is 4.98. The first-order valence-corrected chi connectivity index (χ1v) is 6.59. The van der Waals surface area contributed by atoms with Gasteiger partial charge in [0.1, 0.15) is 6.61 Å². The second-order valence-corrected chi connectivity index (χ2v) is 4.17. The average molecular weight is 222 g/mol. The van der Waals surface area contributed by atoms with Crippen LogP contribution in [-0.2, 0) is 0 Å². The van der Waals surface area contributed by atoms with Crippen molar-refractivity contribution in [1.82, 2.24) is 0 Å². The number of unbranched alkanes of at least 4 members (excludes halogenated alkanes) is 9. The molecule has 0 aliphatic heterocycles. The highest BCUT2D eigenvalue weighted by Gasteiger charge is 1.91. The van der Waals surface area contributed by atoms with Crippen LogP contribution < -0.4 is 0 Å². The first kappa shape index (κ1) is 15.3. The molecule has 0 aliphatic carbocycles. The molecule has 0 bridgehead atoms. The minimum absolute atomic E-state index is 0.00467. The Bertz CT molecular complexity index is 197. The van der Waals surface area contributed by atoms with Crippen molar-refractivity contribution >= 4 is 0 Å². The van der Waals surface area contributed by atoms with Crippen LogP contribution in [0.5, 0.6) is 0 Å². The maximum atomic E-state index is 8.45. The molecule has 0 aromatic rings. The molecule has 1 N–H and O–H groups in total. The number of rotatable bonds is 10. The summed E-state index contributed by atoms with van der Waals surface area (Å²) in [5.74, 6) is 5.63. The van der Waals surface area contributed by atoms with Gasteiger partial charge in [0.25, 0.3) is 0 Å². The molecule has 0 aliphatic rings. The van der Waals surface area contributed by atoms with Gasteiger partial charge in [-0.2, -0.15) is 0 Å². The van der Waals surface area contributed by atoms with E-state index in [-0.39, 0.29) is 6.61 Å². The van der Waals surface area contributed by atoms with E-state index in [4.69, 9.17) is 5.11 Å². The fraction of sp³-hybridized carbons (Fsp3) is 0.733. The summed E-state index contributed by atoms with van der Waals surface area (Å²) in [6.45, 7) is 3.73. The van der Waals surface area contributed by atoms with E-state index in [2.05, 4.69) is 18.4 Å². The van der Waals surface area contributed by atoms with Crippen LogP contribution in [-0.4, -0.2) is 11.7 Å². The summed E-state index contributed by atoms with van der Waals surface area (Å²) >= 11 is 0. The van der Waals surface area contributed by atoms with Crippen molar-refractivity contribution in [1.29, 1.82) is 0 Å². The van der Waals surface area contributed by atoms with Gasteiger partial charge in [-0.15, -0.1) is 12.5 Å². The highest BCUT2D eigenvalue weighted by Crippen LogP contribution is 2.10. The van der Waals surface area contributed by atoms with Crippen LogP contribution in [0.2, 0.25) is 0 Å². The third kappa shape index (κ3) is 13.3. The fourth-order valence-corrected chi connectivity index (χ4v) is 1.71. The van der Waals surface area contributed by atoms with Crippen LogP contribution in [0.15, 0.2) is 12.7 Å². The molecule has 0 saturated heterocycles. The van der Waals surface area contributed by atoms with Gasteiger partial charge in [0.2, 0.25) is 0 Å². The van der Waals surface area contributed by atoms with E-state index in [1.165, 1.54) is 57.8 Å². The second kappa shape index (κ2) is 14.3. The molecule has 0 atom stereocenters. The van der Waals surface area contributed by atoms with Crippen LogP contribution in [0.1, 0.15) is 64.2 Å². The van der Waals surface area contributed by atoms with Crippen LogP contribution in [0.4, 0.5) is 0 Å². The first-order valence-electron chi connectivity index (χ1n) is 6.59. The van der Waals surface area contributed by atoms with Crippen molar-refractivity contribution in [3.8, 4) is 11.8 Å². The number of hydrogen-bond acceptors (Lipinski definition) is 1. The molecule has 0 amide bonds. The standard InChI is InChI=1S/C15H26O/c1-2-3-4-5-6-7-8-9-10-11-12-13-14-15-16/h2,16H,1,3-12,15H2. The van der Waals surface area contributed by atoms with Crippen molar-refractivity contribution in [3.63, 3.8) is 0 Å². The molecule has 0 spiro atoms. The highest BCUT2D eigenvalue weighted by atomic mass is 16.2. The van der Waals surface area contributed by atoms with Gasteiger partial charge in [-0.05, 0) is 19.3 Å². The normalized spacial score (nSPS) is 9.56. The van der Waals surface area contributed by atoms with Crippen molar-refractivity contribution in [2.75, 3.05) is 6.61 Å². The summed E-state index contributed by atoms with van der Waals surface area (Å²) in [5, 5.41) is 8.45. The molecule has 16 heavy (non-hydrogen) atoms. The molecule has 92 valence electrons. The summed E-state index contributed by atoms with van der Waals surface area (Å²) in [6, 6.07) is 0. The third-order valence-corrected chi connectivity index (χ3v) is 2.66. The largest absolute Gasteiger partial charge is 0.384 e. The lowest BCUT2D eigenvalue weighted by Gasteiger charge is -2.00. The van der Waals surface area contributed by atoms with Crippen molar-refractivity contribution in [3.05, 3.63) is 12.7 Å². The average Bonchev–Trinajstić information content (AvgIpc) is 2.31. The van der Waals surface area contributed by atoms with Crippen LogP contribution >= 0.6 is 0 Å². The Kier molecular flexibility index (Phi) is 13.6. The number of allylic oxidation sites excluding steroid dienone is 1. The summed E-state index contributed by atoms with van der Waals surface area (Å²) in [5.41, 5.74) is 0. The predicted molar refractivity (Wildman–Crippen MR) is 71.2 cm³/mol. The zero-order valence-electron chi connectivity index (χ0n) is 10.5. The SMILES string of the molecule is C=CCCCCCCCCCCC#CCO. The van der Waals surface area contributed by atoms with Gasteiger partial charge in [-0.1, -0.05) is 50.5 Å². The van der Waals surface area contributed by atoms with Gasteiger partial charge in [-0.3, -0.25) is 0 Å². The zero-order chi connectivity index (χ0) is 11.9. The molecule has 1 nitrogen and oxygen atoms in total. The predicted octanol–water partition coefficient (Wildman–Crippen LogP) is 4.07. The molecule has 0 aromatic heterocycles. The van der Waals surface area contributed by atoms with E-state index in [0.717, 1.165) is 6.42 Å². The van der Waals surface area contributed by atoms with E-state index in [1.54, 1.807) is 0 Å². The molecule has 0 fully saturated rings. The minimum atomic E-state index is 0.00467.